The van der Waals surface area contributed by atoms with Crippen LogP contribution in [0.4, 0.5) is 0 Å². The highest BCUT2D eigenvalue weighted by atomic mass is 16.5. The molecule has 0 amide bonds. The monoisotopic (exact) mass is 282 g/mol. The van der Waals surface area contributed by atoms with E-state index in [0.717, 1.165) is 25.1 Å². The predicted octanol–water partition coefficient (Wildman–Crippen LogP) is 3.04. The Morgan fingerprint density at radius 3 is 2.60 bits per heavy atom. The number of rotatable bonds is 6. The number of piperazine rings is 1. The predicted molar refractivity (Wildman–Crippen MR) is 85.1 cm³/mol. The van der Waals surface area contributed by atoms with Gasteiger partial charge in [0.2, 0.25) is 0 Å². The maximum Gasteiger partial charge on any atom is 0.0597 e. The Kier molecular flexibility index (Phi) is 6.79. The van der Waals surface area contributed by atoms with Gasteiger partial charge in [-0.05, 0) is 39.0 Å². The molecule has 2 fully saturated rings. The molecule has 2 unspecified atom stereocenters. The Hall–Kier alpha value is -0.120. The van der Waals surface area contributed by atoms with E-state index in [1.807, 2.05) is 0 Å². The second-order valence-corrected chi connectivity index (χ2v) is 6.89. The van der Waals surface area contributed by atoms with Crippen molar-refractivity contribution in [3.63, 3.8) is 0 Å². The Labute approximate surface area is 125 Å². The Morgan fingerprint density at radius 2 is 1.95 bits per heavy atom. The molecule has 2 rings (SSSR count). The van der Waals surface area contributed by atoms with Gasteiger partial charge in [0, 0.05) is 31.7 Å². The van der Waals surface area contributed by atoms with Gasteiger partial charge in [0.25, 0.3) is 0 Å². The van der Waals surface area contributed by atoms with Crippen molar-refractivity contribution in [1.82, 2.24) is 10.2 Å². The van der Waals surface area contributed by atoms with E-state index in [-0.39, 0.29) is 0 Å². The quantitative estimate of drug-likeness (QED) is 0.810. The molecule has 1 aliphatic heterocycles. The van der Waals surface area contributed by atoms with Crippen molar-refractivity contribution in [2.24, 2.45) is 5.92 Å². The molecule has 0 bridgehead atoms. The van der Waals surface area contributed by atoms with Crippen LogP contribution >= 0.6 is 0 Å². The normalized spacial score (nSPS) is 30.0. The first-order chi connectivity index (χ1) is 9.70. The summed E-state index contributed by atoms with van der Waals surface area (Å²) in [6.07, 6.45) is 8.79. The van der Waals surface area contributed by atoms with Crippen molar-refractivity contribution >= 4 is 0 Å². The van der Waals surface area contributed by atoms with Crippen LogP contribution in [-0.2, 0) is 4.74 Å². The van der Waals surface area contributed by atoms with E-state index in [4.69, 9.17) is 4.74 Å². The van der Waals surface area contributed by atoms with Gasteiger partial charge in [-0.3, -0.25) is 4.90 Å². The molecule has 20 heavy (non-hydrogen) atoms. The number of hydrogen-bond donors (Lipinski definition) is 1. The molecule has 0 aromatic carbocycles. The van der Waals surface area contributed by atoms with E-state index in [1.165, 1.54) is 51.6 Å². The van der Waals surface area contributed by atoms with Crippen LogP contribution in [0.2, 0.25) is 0 Å². The highest BCUT2D eigenvalue weighted by Gasteiger charge is 2.33. The van der Waals surface area contributed by atoms with Crippen LogP contribution in [0, 0.1) is 5.92 Å². The molecule has 2 atom stereocenters. The molecule has 1 heterocycles. The van der Waals surface area contributed by atoms with Gasteiger partial charge in [-0.2, -0.15) is 0 Å². The van der Waals surface area contributed by atoms with Crippen molar-refractivity contribution in [3.05, 3.63) is 0 Å². The Balaban J connectivity index is 1.88. The molecular formula is C17H34N2O. The number of ether oxygens (including phenoxy) is 1. The van der Waals surface area contributed by atoms with Crippen LogP contribution in [-0.4, -0.2) is 49.3 Å². The minimum atomic E-state index is 0.355. The number of hydrogen-bond acceptors (Lipinski definition) is 3. The molecule has 1 aliphatic carbocycles. The molecule has 3 nitrogen and oxygen atoms in total. The first-order valence-corrected chi connectivity index (χ1v) is 8.79. The maximum absolute atomic E-state index is 5.79. The fraction of sp³-hybridized carbons (Fsp3) is 1.00. The summed E-state index contributed by atoms with van der Waals surface area (Å²) < 4.78 is 5.79. The van der Waals surface area contributed by atoms with Gasteiger partial charge in [-0.1, -0.05) is 26.2 Å². The summed E-state index contributed by atoms with van der Waals surface area (Å²) in [5, 5.41) is 3.76. The average Bonchev–Trinajstić information content (AvgIpc) is 2.47. The van der Waals surface area contributed by atoms with Crippen LogP contribution in [0.3, 0.4) is 0 Å². The highest BCUT2D eigenvalue weighted by Crippen LogP contribution is 2.30. The van der Waals surface area contributed by atoms with Gasteiger partial charge in [0.05, 0.1) is 12.7 Å². The van der Waals surface area contributed by atoms with Crippen molar-refractivity contribution in [3.8, 4) is 0 Å². The molecule has 1 N–H and O–H groups in total. The van der Waals surface area contributed by atoms with E-state index in [2.05, 4.69) is 31.0 Å². The molecule has 3 heteroatoms. The van der Waals surface area contributed by atoms with Crippen molar-refractivity contribution in [2.45, 2.75) is 77.5 Å². The zero-order chi connectivity index (χ0) is 14.4. The second kappa shape index (κ2) is 8.35. The molecule has 0 aromatic heterocycles. The van der Waals surface area contributed by atoms with Crippen LogP contribution in [0.1, 0.15) is 59.3 Å². The SMILES string of the molecule is CCC1CN(CCOC(C)C)C(C2CCCCC2)CN1. The van der Waals surface area contributed by atoms with Gasteiger partial charge < -0.3 is 10.1 Å². The molecule has 0 radical (unpaired) electrons. The molecule has 118 valence electrons. The summed E-state index contributed by atoms with van der Waals surface area (Å²) in [7, 11) is 0. The van der Waals surface area contributed by atoms with E-state index in [1.54, 1.807) is 0 Å². The number of nitrogens with one attached hydrogen (secondary N) is 1. The van der Waals surface area contributed by atoms with Gasteiger partial charge in [0.15, 0.2) is 0 Å². The lowest BCUT2D eigenvalue weighted by Crippen LogP contribution is -2.59. The number of nitrogens with zero attached hydrogens (tertiary/aromatic N) is 1. The Morgan fingerprint density at radius 1 is 1.20 bits per heavy atom. The summed E-state index contributed by atoms with van der Waals surface area (Å²) in [5.74, 6) is 0.910. The van der Waals surface area contributed by atoms with Crippen LogP contribution in [0.25, 0.3) is 0 Å². The molecular weight excluding hydrogens is 248 g/mol. The van der Waals surface area contributed by atoms with Crippen molar-refractivity contribution in [2.75, 3.05) is 26.2 Å². The van der Waals surface area contributed by atoms with Crippen LogP contribution in [0.5, 0.6) is 0 Å². The fourth-order valence-electron chi connectivity index (χ4n) is 3.82. The lowest BCUT2D eigenvalue weighted by molar-refractivity contribution is 0.0176. The summed E-state index contributed by atoms with van der Waals surface area (Å²) >= 11 is 0. The van der Waals surface area contributed by atoms with Gasteiger partial charge >= 0.3 is 0 Å². The van der Waals surface area contributed by atoms with Crippen LogP contribution in [0.15, 0.2) is 0 Å². The third-order valence-electron chi connectivity index (χ3n) is 5.06. The third-order valence-corrected chi connectivity index (χ3v) is 5.06. The molecule has 1 saturated carbocycles. The zero-order valence-electron chi connectivity index (χ0n) is 13.7. The van der Waals surface area contributed by atoms with E-state index < -0.39 is 0 Å². The van der Waals surface area contributed by atoms with Gasteiger partial charge in [-0.15, -0.1) is 0 Å². The second-order valence-electron chi connectivity index (χ2n) is 6.89. The maximum atomic E-state index is 5.79. The lowest BCUT2D eigenvalue weighted by Gasteiger charge is -2.45. The molecule has 2 aliphatic rings. The first kappa shape index (κ1) is 16.3. The van der Waals surface area contributed by atoms with Crippen molar-refractivity contribution in [1.29, 1.82) is 0 Å². The molecule has 1 saturated heterocycles. The standard InChI is InChI=1S/C17H34N2O/c1-4-16-13-19(10-11-20-14(2)3)17(12-18-16)15-8-6-5-7-9-15/h14-18H,4-13H2,1-3H3. The zero-order valence-corrected chi connectivity index (χ0v) is 13.7. The molecule has 0 spiro atoms. The Bertz CT molecular complexity index is 264. The topological polar surface area (TPSA) is 24.5 Å². The summed E-state index contributed by atoms with van der Waals surface area (Å²) in [6.45, 7) is 10.9. The summed E-state index contributed by atoms with van der Waals surface area (Å²) in [6, 6.07) is 1.42. The highest BCUT2D eigenvalue weighted by molar-refractivity contribution is 4.90. The minimum absolute atomic E-state index is 0.355. The fourth-order valence-corrected chi connectivity index (χ4v) is 3.82. The average molecular weight is 282 g/mol. The third kappa shape index (κ3) is 4.71. The van der Waals surface area contributed by atoms with Gasteiger partial charge in [-0.25, -0.2) is 0 Å². The van der Waals surface area contributed by atoms with Gasteiger partial charge in [0.1, 0.15) is 0 Å². The minimum Gasteiger partial charge on any atom is -0.377 e. The van der Waals surface area contributed by atoms with E-state index >= 15 is 0 Å². The summed E-state index contributed by atoms with van der Waals surface area (Å²) in [4.78, 5) is 2.73. The van der Waals surface area contributed by atoms with E-state index in [0.29, 0.717) is 12.1 Å². The smallest absolute Gasteiger partial charge is 0.0597 e. The first-order valence-electron chi connectivity index (χ1n) is 8.79. The van der Waals surface area contributed by atoms with Crippen LogP contribution < -0.4 is 5.32 Å². The largest absolute Gasteiger partial charge is 0.377 e. The lowest BCUT2D eigenvalue weighted by atomic mass is 9.82. The molecule has 0 aromatic rings. The van der Waals surface area contributed by atoms with E-state index in [9.17, 15) is 0 Å². The van der Waals surface area contributed by atoms with Crippen molar-refractivity contribution < 1.29 is 4.74 Å². The summed E-state index contributed by atoms with van der Waals surface area (Å²) in [5.41, 5.74) is 0.